The van der Waals surface area contributed by atoms with Gasteiger partial charge in [0.15, 0.2) is 6.10 Å². The fraction of sp³-hybridized carbons (Fsp3) is 0.500. The van der Waals surface area contributed by atoms with Crippen LogP contribution < -0.4 is 18.9 Å². The smallest absolute Gasteiger partial charge is 1.00 e. The zero-order valence-corrected chi connectivity index (χ0v) is 7.75. The maximum absolute atomic E-state index is 10.4. The van der Waals surface area contributed by atoms with E-state index >= 15 is 0 Å². The Hall–Kier alpha value is -1.07. The number of aliphatic hydroxyl groups is 2. The number of aliphatic hydroxyl groups excluding tert-OH is 1. The van der Waals surface area contributed by atoms with E-state index in [0.29, 0.717) is 0 Å². The largest absolute Gasteiger partial charge is 1.00 e. The summed E-state index contributed by atoms with van der Waals surface area (Å²) in [5.41, 5.74) is -3.22. The van der Waals surface area contributed by atoms with E-state index in [-0.39, 0.29) is 20.3 Å². The topological polar surface area (TPSA) is 152 Å². The number of aliphatic carboxylic acids is 3. The minimum Gasteiger partial charge on any atom is -1.00 e. The molecule has 9 heteroatoms. The summed E-state index contributed by atoms with van der Waals surface area (Å²) in [6, 6.07) is 0. The van der Waals surface area contributed by atoms with Crippen LogP contribution in [0.25, 0.3) is 0 Å². The Bertz CT molecular complexity index is 282. The quantitative estimate of drug-likeness (QED) is 0.286. The van der Waals surface area contributed by atoms with Crippen LogP contribution in [0, 0.1) is 0 Å². The van der Waals surface area contributed by atoms with Crippen LogP contribution in [0.5, 0.6) is 0 Å². The first kappa shape index (κ1) is 16.4. The zero-order chi connectivity index (χ0) is 11.5. The van der Waals surface area contributed by atoms with Crippen molar-refractivity contribution in [3.8, 4) is 0 Å². The van der Waals surface area contributed by atoms with Crippen molar-refractivity contribution in [2.45, 2.75) is 18.1 Å². The third kappa shape index (κ3) is 3.89. The van der Waals surface area contributed by atoms with Gasteiger partial charge < -0.3 is 27.0 Å². The van der Waals surface area contributed by atoms with Crippen LogP contribution in [0.4, 0.5) is 0 Å². The van der Waals surface area contributed by atoms with E-state index in [0.717, 1.165) is 0 Å². The summed E-state index contributed by atoms with van der Waals surface area (Å²) < 4.78 is 0. The van der Waals surface area contributed by atoms with Gasteiger partial charge in [-0.2, -0.15) is 0 Å². The minimum atomic E-state index is -3.22. The van der Waals surface area contributed by atoms with E-state index in [2.05, 4.69) is 0 Å². The second-order valence-corrected chi connectivity index (χ2v) is 2.54. The van der Waals surface area contributed by atoms with E-state index in [4.69, 9.17) is 25.5 Å². The molecule has 0 amide bonds. The zero-order valence-electron chi connectivity index (χ0n) is 8.75. The Balaban J connectivity index is -0.000000845. The van der Waals surface area contributed by atoms with E-state index in [9.17, 15) is 14.4 Å². The summed E-state index contributed by atoms with van der Waals surface area (Å²) in [4.78, 5) is 30.7. The van der Waals surface area contributed by atoms with E-state index in [1.54, 1.807) is 0 Å². The molecule has 0 fully saturated rings. The number of carboxylic acid groups (broad SMARTS) is 3. The minimum absolute atomic E-state index is 0. The average Bonchev–Trinajstić information content (AvgIpc) is 2.00. The van der Waals surface area contributed by atoms with Gasteiger partial charge in [0.25, 0.3) is 0 Å². The van der Waals surface area contributed by atoms with Crippen LogP contribution in [0.2, 0.25) is 0 Å². The van der Waals surface area contributed by atoms with Crippen LogP contribution in [-0.2, 0) is 14.4 Å². The molecule has 2 atom stereocenters. The Kier molecular flexibility index (Phi) is 6.24. The van der Waals surface area contributed by atoms with Crippen molar-refractivity contribution in [2.24, 2.45) is 0 Å². The summed E-state index contributed by atoms with van der Waals surface area (Å²) in [6.45, 7) is 0. The molecule has 0 aliphatic carbocycles. The molecule has 0 bridgehead atoms. The van der Waals surface area contributed by atoms with E-state index < -0.39 is 36.0 Å². The summed E-state index contributed by atoms with van der Waals surface area (Å²) in [5.74, 6) is -5.87. The Morgan fingerprint density at radius 3 is 1.80 bits per heavy atom. The fourth-order valence-electron chi connectivity index (χ4n) is 0.724. The summed E-state index contributed by atoms with van der Waals surface area (Å²) in [7, 11) is 0. The number of carbonyl (C=O) groups is 3. The number of rotatable bonds is 5. The molecular weight excluding hydrogens is 207 g/mol. The van der Waals surface area contributed by atoms with Crippen molar-refractivity contribution in [3.63, 3.8) is 0 Å². The van der Waals surface area contributed by atoms with Gasteiger partial charge in [0.2, 0.25) is 5.60 Å². The molecule has 0 aromatic heterocycles. The molecule has 8 nitrogen and oxygen atoms in total. The summed E-state index contributed by atoms with van der Waals surface area (Å²) in [6.07, 6.45) is -4.11. The predicted molar refractivity (Wildman–Crippen MR) is 39.6 cm³/mol. The number of hydrogen-bond donors (Lipinski definition) is 5. The summed E-state index contributed by atoms with van der Waals surface area (Å²) >= 11 is 0. The first-order chi connectivity index (χ1) is 6.21. The second kappa shape index (κ2) is 5.72. The van der Waals surface area contributed by atoms with E-state index in [1.807, 2.05) is 0 Å². The molecule has 15 heavy (non-hydrogen) atoms. The van der Waals surface area contributed by atoms with Crippen molar-refractivity contribution in [1.29, 1.82) is 0 Å². The van der Waals surface area contributed by atoms with Gasteiger partial charge in [-0.3, -0.25) is 4.79 Å². The third-order valence-electron chi connectivity index (χ3n) is 1.48. The molecule has 0 aliphatic rings. The van der Waals surface area contributed by atoms with Crippen molar-refractivity contribution in [2.75, 3.05) is 0 Å². The fourth-order valence-corrected chi connectivity index (χ4v) is 0.724. The molecule has 0 saturated carbocycles. The first-order valence-electron chi connectivity index (χ1n) is 3.30. The molecule has 82 valence electrons. The average molecular weight is 216 g/mol. The first-order valence-corrected chi connectivity index (χ1v) is 3.30. The molecule has 0 saturated heterocycles. The molecule has 5 N–H and O–H groups in total. The van der Waals surface area contributed by atoms with Crippen LogP contribution in [0.3, 0.4) is 0 Å². The molecule has 0 heterocycles. The number of hydrogen-bond acceptors (Lipinski definition) is 5. The van der Waals surface area contributed by atoms with Crippen molar-refractivity contribution in [3.05, 3.63) is 0 Å². The predicted octanol–water partition coefficient (Wildman–Crippen LogP) is -5.16. The maximum atomic E-state index is 10.4. The third-order valence-corrected chi connectivity index (χ3v) is 1.48. The molecule has 0 rings (SSSR count). The molecule has 0 spiro atoms. The van der Waals surface area contributed by atoms with E-state index in [1.165, 1.54) is 0 Å². The van der Waals surface area contributed by atoms with Gasteiger partial charge in [-0.05, 0) is 0 Å². The molecular formula is C6H9LiO8. The van der Waals surface area contributed by atoms with Gasteiger partial charge in [-0.25, -0.2) is 9.59 Å². The Morgan fingerprint density at radius 2 is 1.60 bits per heavy atom. The molecule has 0 aliphatic heterocycles. The van der Waals surface area contributed by atoms with Gasteiger partial charge in [0, 0.05) is 0 Å². The standard InChI is InChI=1S/C6H8O8.Li.H/c7-2(8)1-6(14,5(12)13)3(9)4(10)11;;/h3,9,14H,1H2,(H,7,8)(H,10,11)(H,12,13);;/q;+1;-1. The monoisotopic (exact) mass is 216 g/mol. The maximum Gasteiger partial charge on any atom is 1.00 e. The van der Waals surface area contributed by atoms with Gasteiger partial charge in [0.05, 0.1) is 6.42 Å². The molecule has 2 unspecified atom stereocenters. The van der Waals surface area contributed by atoms with Gasteiger partial charge in [-0.15, -0.1) is 0 Å². The SMILES string of the molecule is O=C(O)CC(O)(C(=O)O)C(O)C(=O)O.[H-].[Li+]. The van der Waals surface area contributed by atoms with Crippen molar-refractivity contribution < 1.29 is 60.2 Å². The van der Waals surface area contributed by atoms with Gasteiger partial charge in [-0.1, -0.05) is 0 Å². The van der Waals surface area contributed by atoms with Crippen molar-refractivity contribution >= 4 is 17.9 Å². The number of carboxylic acids is 3. The summed E-state index contributed by atoms with van der Waals surface area (Å²) in [5, 5.41) is 42.6. The molecule has 0 radical (unpaired) electrons. The Morgan fingerprint density at radius 1 is 1.20 bits per heavy atom. The molecule has 0 aromatic carbocycles. The van der Waals surface area contributed by atoms with Crippen LogP contribution in [0.1, 0.15) is 7.85 Å². The van der Waals surface area contributed by atoms with Crippen molar-refractivity contribution in [1.82, 2.24) is 0 Å². The Labute approximate surface area is 96.8 Å². The van der Waals surface area contributed by atoms with Crippen LogP contribution >= 0.6 is 0 Å². The second-order valence-electron chi connectivity index (χ2n) is 2.54. The van der Waals surface area contributed by atoms with Gasteiger partial charge in [0.1, 0.15) is 0 Å². The normalized spacial score (nSPS) is 15.6. The molecule has 0 aromatic rings. The van der Waals surface area contributed by atoms with Crippen LogP contribution in [-0.4, -0.2) is 55.1 Å². The van der Waals surface area contributed by atoms with Gasteiger partial charge >= 0.3 is 36.8 Å². The van der Waals surface area contributed by atoms with Crippen LogP contribution in [0.15, 0.2) is 0 Å².